The molecular weight excluding hydrogens is 214 g/mol. The number of aromatic amines is 1. The monoisotopic (exact) mass is 237 g/mol. The van der Waals surface area contributed by atoms with E-state index in [0.29, 0.717) is 12.1 Å². The van der Waals surface area contributed by atoms with Gasteiger partial charge in [0.25, 0.3) is 0 Å². The molecule has 1 aliphatic rings. The Labute approximate surface area is 103 Å². The molecule has 0 aromatic carbocycles. The van der Waals surface area contributed by atoms with Crippen LogP contribution in [0.4, 0.5) is 0 Å². The van der Waals surface area contributed by atoms with Gasteiger partial charge in [0.15, 0.2) is 0 Å². The summed E-state index contributed by atoms with van der Waals surface area (Å²) < 4.78 is 5.71. The zero-order valence-electron chi connectivity index (χ0n) is 10.6. The molecule has 1 aromatic heterocycles. The maximum Gasteiger partial charge on any atom is 0.107 e. The lowest BCUT2D eigenvalue weighted by Gasteiger charge is -2.20. The molecule has 0 amide bonds. The van der Waals surface area contributed by atoms with Crippen LogP contribution in [-0.2, 0) is 11.2 Å². The molecule has 0 spiro atoms. The Hall–Kier alpha value is -0.870. The molecule has 2 unspecified atom stereocenters. The fourth-order valence-electron chi connectivity index (χ4n) is 2.38. The summed E-state index contributed by atoms with van der Waals surface area (Å²) in [4.78, 5) is 7.48. The summed E-state index contributed by atoms with van der Waals surface area (Å²) in [5.74, 6) is 1.07. The first kappa shape index (κ1) is 12.6. The molecule has 4 nitrogen and oxygen atoms in total. The first-order chi connectivity index (χ1) is 8.38. The number of nitrogens with one attached hydrogen (secondary N) is 2. The van der Waals surface area contributed by atoms with E-state index in [2.05, 4.69) is 22.2 Å². The Morgan fingerprint density at radius 3 is 3.24 bits per heavy atom. The standard InChI is InChI=1S/C13H23N3O/c1-2-5-14-11(9-12-4-3-8-17-12)10-13-15-6-7-16-13/h6-7,11-12,14H,2-5,8-10H2,1H3,(H,15,16). The maximum atomic E-state index is 5.71. The molecule has 0 bridgehead atoms. The van der Waals surface area contributed by atoms with Crippen LogP contribution >= 0.6 is 0 Å². The minimum atomic E-state index is 0.444. The van der Waals surface area contributed by atoms with Gasteiger partial charge in [-0.15, -0.1) is 0 Å². The number of hydrogen-bond donors (Lipinski definition) is 2. The molecule has 17 heavy (non-hydrogen) atoms. The lowest BCUT2D eigenvalue weighted by molar-refractivity contribution is 0.0944. The van der Waals surface area contributed by atoms with Crippen molar-refractivity contribution in [3.8, 4) is 0 Å². The van der Waals surface area contributed by atoms with Crippen molar-refractivity contribution >= 4 is 0 Å². The average molecular weight is 237 g/mol. The highest BCUT2D eigenvalue weighted by molar-refractivity contribution is 4.92. The van der Waals surface area contributed by atoms with Gasteiger partial charge in [0.05, 0.1) is 6.10 Å². The summed E-state index contributed by atoms with van der Waals surface area (Å²) in [5.41, 5.74) is 0. The van der Waals surface area contributed by atoms with Crippen LogP contribution < -0.4 is 5.32 Å². The average Bonchev–Trinajstić information content (AvgIpc) is 2.99. The fourth-order valence-corrected chi connectivity index (χ4v) is 2.38. The molecule has 0 saturated carbocycles. The highest BCUT2D eigenvalue weighted by Crippen LogP contribution is 2.18. The molecule has 2 N–H and O–H groups in total. The second kappa shape index (κ2) is 6.77. The number of rotatable bonds is 7. The predicted octanol–water partition coefficient (Wildman–Crippen LogP) is 1.89. The van der Waals surface area contributed by atoms with Crippen LogP contribution in [0.15, 0.2) is 12.4 Å². The van der Waals surface area contributed by atoms with Crippen molar-refractivity contribution in [1.82, 2.24) is 15.3 Å². The maximum absolute atomic E-state index is 5.71. The van der Waals surface area contributed by atoms with E-state index in [1.807, 2.05) is 12.4 Å². The summed E-state index contributed by atoms with van der Waals surface area (Å²) >= 11 is 0. The molecule has 0 radical (unpaired) electrons. The Morgan fingerprint density at radius 1 is 1.65 bits per heavy atom. The van der Waals surface area contributed by atoms with E-state index >= 15 is 0 Å². The predicted molar refractivity (Wildman–Crippen MR) is 68.0 cm³/mol. The van der Waals surface area contributed by atoms with Crippen LogP contribution in [0.2, 0.25) is 0 Å². The first-order valence-electron chi connectivity index (χ1n) is 6.71. The van der Waals surface area contributed by atoms with Crippen LogP contribution in [-0.4, -0.2) is 35.3 Å². The Morgan fingerprint density at radius 2 is 2.59 bits per heavy atom. The van der Waals surface area contributed by atoms with Gasteiger partial charge in [-0.1, -0.05) is 6.92 Å². The number of aromatic nitrogens is 2. The summed E-state index contributed by atoms with van der Waals surface area (Å²) in [6.45, 7) is 4.20. The minimum Gasteiger partial charge on any atom is -0.378 e. The van der Waals surface area contributed by atoms with E-state index < -0.39 is 0 Å². The van der Waals surface area contributed by atoms with Crippen LogP contribution in [0.1, 0.15) is 38.4 Å². The van der Waals surface area contributed by atoms with Gasteiger partial charge >= 0.3 is 0 Å². The van der Waals surface area contributed by atoms with Gasteiger partial charge in [0.1, 0.15) is 5.82 Å². The normalized spacial score (nSPS) is 21.8. The highest BCUT2D eigenvalue weighted by Gasteiger charge is 2.21. The molecule has 0 aliphatic carbocycles. The van der Waals surface area contributed by atoms with Gasteiger partial charge in [-0.3, -0.25) is 0 Å². The number of H-pyrrole nitrogens is 1. The SMILES string of the molecule is CCCNC(Cc1ncc[nH]1)CC1CCCO1. The second-order valence-corrected chi connectivity index (χ2v) is 4.76. The minimum absolute atomic E-state index is 0.444. The molecule has 1 aliphatic heterocycles. The third-order valence-electron chi connectivity index (χ3n) is 3.25. The molecule has 2 heterocycles. The fraction of sp³-hybridized carbons (Fsp3) is 0.769. The molecular formula is C13H23N3O. The number of ether oxygens (including phenoxy) is 1. The van der Waals surface area contributed by atoms with Crippen molar-refractivity contribution in [3.05, 3.63) is 18.2 Å². The van der Waals surface area contributed by atoms with Gasteiger partial charge in [0.2, 0.25) is 0 Å². The molecule has 1 fully saturated rings. The van der Waals surface area contributed by atoms with Crippen molar-refractivity contribution in [2.75, 3.05) is 13.2 Å². The van der Waals surface area contributed by atoms with Gasteiger partial charge in [-0.25, -0.2) is 4.98 Å². The molecule has 1 aromatic rings. The first-order valence-corrected chi connectivity index (χ1v) is 6.71. The molecule has 2 rings (SSSR count). The van der Waals surface area contributed by atoms with E-state index in [9.17, 15) is 0 Å². The van der Waals surface area contributed by atoms with Crippen molar-refractivity contribution in [1.29, 1.82) is 0 Å². The van der Waals surface area contributed by atoms with Crippen molar-refractivity contribution < 1.29 is 4.74 Å². The third-order valence-corrected chi connectivity index (χ3v) is 3.25. The lowest BCUT2D eigenvalue weighted by Crippen LogP contribution is -2.35. The quantitative estimate of drug-likeness (QED) is 0.761. The largest absolute Gasteiger partial charge is 0.378 e. The second-order valence-electron chi connectivity index (χ2n) is 4.76. The van der Waals surface area contributed by atoms with Gasteiger partial charge in [0, 0.05) is 31.5 Å². The highest BCUT2D eigenvalue weighted by atomic mass is 16.5. The molecule has 1 saturated heterocycles. The lowest BCUT2D eigenvalue weighted by atomic mass is 10.0. The zero-order chi connectivity index (χ0) is 11.9. The van der Waals surface area contributed by atoms with Crippen LogP contribution in [0, 0.1) is 0 Å². The summed E-state index contributed by atoms with van der Waals surface area (Å²) in [7, 11) is 0. The van der Waals surface area contributed by atoms with E-state index in [1.165, 1.54) is 19.3 Å². The molecule has 2 atom stereocenters. The summed E-state index contributed by atoms with van der Waals surface area (Å²) in [6, 6.07) is 0.476. The van der Waals surface area contributed by atoms with Crippen LogP contribution in [0.5, 0.6) is 0 Å². The summed E-state index contributed by atoms with van der Waals surface area (Å²) in [6.07, 6.45) is 9.80. The van der Waals surface area contributed by atoms with Gasteiger partial charge < -0.3 is 15.0 Å². The Kier molecular flexibility index (Phi) is 5.01. The van der Waals surface area contributed by atoms with Crippen molar-refractivity contribution in [2.45, 2.75) is 51.2 Å². The zero-order valence-corrected chi connectivity index (χ0v) is 10.6. The summed E-state index contributed by atoms with van der Waals surface area (Å²) in [5, 5.41) is 3.59. The van der Waals surface area contributed by atoms with Crippen molar-refractivity contribution in [3.63, 3.8) is 0 Å². The Balaban J connectivity index is 1.83. The van der Waals surface area contributed by atoms with Gasteiger partial charge in [-0.05, 0) is 32.2 Å². The molecule has 96 valence electrons. The van der Waals surface area contributed by atoms with Crippen LogP contribution in [0.3, 0.4) is 0 Å². The van der Waals surface area contributed by atoms with E-state index in [-0.39, 0.29) is 0 Å². The van der Waals surface area contributed by atoms with Crippen molar-refractivity contribution in [2.24, 2.45) is 0 Å². The van der Waals surface area contributed by atoms with Crippen LogP contribution in [0.25, 0.3) is 0 Å². The smallest absolute Gasteiger partial charge is 0.107 e. The third kappa shape index (κ3) is 4.13. The topological polar surface area (TPSA) is 49.9 Å². The number of nitrogens with zero attached hydrogens (tertiary/aromatic N) is 1. The Bertz CT molecular complexity index is 294. The molecule has 4 heteroatoms. The van der Waals surface area contributed by atoms with E-state index in [4.69, 9.17) is 4.74 Å². The van der Waals surface area contributed by atoms with E-state index in [1.54, 1.807) is 0 Å². The van der Waals surface area contributed by atoms with Gasteiger partial charge in [-0.2, -0.15) is 0 Å². The van der Waals surface area contributed by atoms with E-state index in [0.717, 1.165) is 31.8 Å². The number of imidazole rings is 1. The number of hydrogen-bond acceptors (Lipinski definition) is 3.